The number of hydrogen-bond donors (Lipinski definition) is 0. The first-order valence-corrected chi connectivity index (χ1v) is 11.8. The van der Waals surface area contributed by atoms with Gasteiger partial charge >= 0.3 is 0 Å². The van der Waals surface area contributed by atoms with Crippen LogP contribution in [0.1, 0.15) is 25.0 Å². The first-order valence-electron chi connectivity index (χ1n) is 10.4. The second-order valence-corrected chi connectivity index (χ2v) is 10.1. The second kappa shape index (κ2) is 9.29. The Kier molecular flexibility index (Phi) is 6.95. The van der Waals surface area contributed by atoms with Gasteiger partial charge in [0.2, 0.25) is 15.9 Å². The van der Waals surface area contributed by atoms with E-state index in [1.54, 1.807) is 17.0 Å². The van der Waals surface area contributed by atoms with Gasteiger partial charge < -0.3 is 4.90 Å². The molecule has 0 saturated carbocycles. The summed E-state index contributed by atoms with van der Waals surface area (Å²) in [5, 5.41) is 0. The Balaban J connectivity index is 1.63. The third-order valence-electron chi connectivity index (χ3n) is 5.63. The number of rotatable bonds is 6. The van der Waals surface area contributed by atoms with Crippen LogP contribution in [0.5, 0.6) is 0 Å². The number of carbonyl (C=O) groups excluding carboxylic acids is 1. The number of amides is 1. The summed E-state index contributed by atoms with van der Waals surface area (Å²) in [6, 6.07) is 15.0. The molecule has 1 heterocycles. The standard InChI is InChI=1S/C23H31N3O3S/c1-18(2)26(21-8-6-5-7-9-21)23(27)17-24-12-14-25(15-13-24)30(28,29)22-11-10-19(3)20(4)16-22/h5-11,16,18H,12-15,17H2,1-4H3. The molecule has 162 valence electrons. The van der Waals surface area contributed by atoms with E-state index in [0.717, 1.165) is 16.8 Å². The quantitative estimate of drug-likeness (QED) is 0.708. The van der Waals surface area contributed by atoms with E-state index in [1.807, 2.05) is 69.0 Å². The van der Waals surface area contributed by atoms with E-state index < -0.39 is 10.0 Å². The molecule has 6 nitrogen and oxygen atoms in total. The van der Waals surface area contributed by atoms with Crippen molar-refractivity contribution in [2.45, 2.75) is 38.6 Å². The maximum absolute atomic E-state index is 13.0. The highest BCUT2D eigenvalue weighted by atomic mass is 32.2. The summed E-state index contributed by atoms with van der Waals surface area (Å²) in [6.45, 7) is 10.0. The largest absolute Gasteiger partial charge is 0.309 e. The first kappa shape index (κ1) is 22.5. The molecule has 1 saturated heterocycles. The second-order valence-electron chi connectivity index (χ2n) is 8.12. The average Bonchev–Trinajstić information content (AvgIpc) is 2.71. The highest BCUT2D eigenvalue weighted by Crippen LogP contribution is 2.21. The summed E-state index contributed by atoms with van der Waals surface area (Å²) in [4.78, 5) is 17.2. The topological polar surface area (TPSA) is 60.9 Å². The lowest BCUT2D eigenvalue weighted by Gasteiger charge is -2.35. The number of nitrogens with zero attached hydrogens (tertiary/aromatic N) is 3. The Morgan fingerprint density at radius 1 is 0.967 bits per heavy atom. The van der Waals surface area contributed by atoms with Gasteiger partial charge in [-0.3, -0.25) is 9.69 Å². The summed E-state index contributed by atoms with van der Waals surface area (Å²) in [5.74, 6) is 0.0293. The Hall–Kier alpha value is -2.22. The minimum absolute atomic E-state index is 0.0293. The smallest absolute Gasteiger partial charge is 0.243 e. The molecule has 2 aromatic carbocycles. The molecule has 0 atom stereocenters. The highest BCUT2D eigenvalue weighted by molar-refractivity contribution is 7.89. The van der Waals surface area contributed by atoms with Gasteiger partial charge in [0.25, 0.3) is 0 Å². The molecule has 0 aliphatic carbocycles. The summed E-state index contributed by atoms with van der Waals surface area (Å²) in [5.41, 5.74) is 2.92. The van der Waals surface area contributed by atoms with E-state index in [9.17, 15) is 13.2 Å². The number of aryl methyl sites for hydroxylation is 2. The van der Waals surface area contributed by atoms with Crippen molar-refractivity contribution in [3.8, 4) is 0 Å². The van der Waals surface area contributed by atoms with Crippen LogP contribution in [0.2, 0.25) is 0 Å². The lowest BCUT2D eigenvalue weighted by Crippen LogP contribution is -2.52. The third kappa shape index (κ3) is 4.91. The number of piperazine rings is 1. The molecule has 30 heavy (non-hydrogen) atoms. The van der Waals surface area contributed by atoms with Crippen molar-refractivity contribution in [3.05, 3.63) is 59.7 Å². The van der Waals surface area contributed by atoms with Crippen molar-refractivity contribution in [2.75, 3.05) is 37.6 Å². The van der Waals surface area contributed by atoms with Gasteiger partial charge in [0.15, 0.2) is 0 Å². The van der Waals surface area contributed by atoms with Crippen LogP contribution >= 0.6 is 0 Å². The fourth-order valence-electron chi connectivity index (χ4n) is 3.74. The monoisotopic (exact) mass is 429 g/mol. The van der Waals surface area contributed by atoms with Crippen LogP contribution in [0.15, 0.2) is 53.4 Å². The number of sulfonamides is 1. The Morgan fingerprint density at radius 2 is 1.60 bits per heavy atom. The predicted octanol–water partition coefficient (Wildman–Crippen LogP) is 3.05. The zero-order chi connectivity index (χ0) is 21.9. The van der Waals surface area contributed by atoms with Crippen LogP contribution in [0.3, 0.4) is 0 Å². The van der Waals surface area contributed by atoms with Gasteiger partial charge in [0.1, 0.15) is 0 Å². The van der Waals surface area contributed by atoms with Gasteiger partial charge in [0, 0.05) is 37.9 Å². The number of anilines is 1. The van der Waals surface area contributed by atoms with Gasteiger partial charge in [-0.15, -0.1) is 0 Å². The third-order valence-corrected chi connectivity index (χ3v) is 7.52. The van der Waals surface area contributed by atoms with Crippen LogP contribution in [0.25, 0.3) is 0 Å². The molecule has 0 radical (unpaired) electrons. The fourth-order valence-corrected chi connectivity index (χ4v) is 5.25. The van der Waals surface area contributed by atoms with E-state index in [4.69, 9.17) is 0 Å². The van der Waals surface area contributed by atoms with Gasteiger partial charge in [-0.25, -0.2) is 8.42 Å². The molecule has 0 N–H and O–H groups in total. The van der Waals surface area contributed by atoms with Crippen LogP contribution in [-0.2, 0) is 14.8 Å². The summed E-state index contributed by atoms with van der Waals surface area (Å²) < 4.78 is 27.5. The number of hydrogen-bond acceptors (Lipinski definition) is 4. The van der Waals surface area contributed by atoms with E-state index in [-0.39, 0.29) is 18.5 Å². The van der Waals surface area contributed by atoms with Gasteiger partial charge in [-0.1, -0.05) is 24.3 Å². The molecule has 1 amide bonds. The molecule has 2 aromatic rings. The SMILES string of the molecule is Cc1ccc(S(=O)(=O)N2CCN(CC(=O)N(c3ccccc3)C(C)C)CC2)cc1C. The van der Waals surface area contributed by atoms with Crippen molar-refractivity contribution >= 4 is 21.6 Å². The lowest BCUT2D eigenvalue weighted by atomic mass is 10.1. The molecule has 0 spiro atoms. The Bertz CT molecular complexity index is 982. The molecule has 1 aliphatic rings. The predicted molar refractivity (Wildman–Crippen MR) is 120 cm³/mol. The van der Waals surface area contributed by atoms with E-state index in [2.05, 4.69) is 0 Å². The van der Waals surface area contributed by atoms with E-state index in [1.165, 1.54) is 4.31 Å². The van der Waals surface area contributed by atoms with E-state index >= 15 is 0 Å². The van der Waals surface area contributed by atoms with Crippen LogP contribution in [-0.4, -0.2) is 62.3 Å². The van der Waals surface area contributed by atoms with Crippen molar-refractivity contribution in [1.29, 1.82) is 0 Å². The molecular weight excluding hydrogens is 398 g/mol. The number of carbonyl (C=O) groups is 1. The lowest BCUT2D eigenvalue weighted by molar-refractivity contribution is -0.120. The zero-order valence-corrected chi connectivity index (χ0v) is 19.0. The summed E-state index contributed by atoms with van der Waals surface area (Å²) in [6.07, 6.45) is 0. The summed E-state index contributed by atoms with van der Waals surface area (Å²) in [7, 11) is -3.51. The maximum Gasteiger partial charge on any atom is 0.243 e. The van der Waals surface area contributed by atoms with Crippen molar-refractivity contribution in [2.24, 2.45) is 0 Å². The number of para-hydroxylation sites is 1. The van der Waals surface area contributed by atoms with Crippen molar-refractivity contribution in [1.82, 2.24) is 9.21 Å². The van der Waals surface area contributed by atoms with Crippen LogP contribution in [0.4, 0.5) is 5.69 Å². The zero-order valence-electron chi connectivity index (χ0n) is 18.2. The molecule has 3 rings (SSSR count). The molecule has 0 bridgehead atoms. The highest BCUT2D eigenvalue weighted by Gasteiger charge is 2.30. The minimum Gasteiger partial charge on any atom is -0.309 e. The normalized spacial score (nSPS) is 16.0. The molecular formula is C23H31N3O3S. The van der Waals surface area contributed by atoms with Gasteiger partial charge in [-0.05, 0) is 63.1 Å². The van der Waals surface area contributed by atoms with Gasteiger partial charge in [0.05, 0.1) is 11.4 Å². The molecule has 0 unspecified atom stereocenters. The Labute approximate surface area is 180 Å². The molecule has 0 aromatic heterocycles. The maximum atomic E-state index is 13.0. The van der Waals surface area contributed by atoms with Crippen molar-refractivity contribution < 1.29 is 13.2 Å². The average molecular weight is 430 g/mol. The van der Waals surface area contributed by atoms with Crippen LogP contribution < -0.4 is 4.90 Å². The Morgan fingerprint density at radius 3 is 2.17 bits per heavy atom. The molecule has 1 aliphatic heterocycles. The van der Waals surface area contributed by atoms with Crippen LogP contribution in [0, 0.1) is 13.8 Å². The minimum atomic E-state index is -3.51. The molecule has 1 fully saturated rings. The van der Waals surface area contributed by atoms with Crippen molar-refractivity contribution in [3.63, 3.8) is 0 Å². The molecule has 7 heteroatoms. The first-order chi connectivity index (χ1) is 14.2. The van der Waals surface area contributed by atoms with Gasteiger partial charge in [-0.2, -0.15) is 4.31 Å². The van der Waals surface area contributed by atoms with E-state index in [0.29, 0.717) is 31.1 Å². The fraction of sp³-hybridized carbons (Fsp3) is 0.435. The number of benzene rings is 2. The summed E-state index contributed by atoms with van der Waals surface area (Å²) >= 11 is 0.